The lowest BCUT2D eigenvalue weighted by Gasteiger charge is -2.34. The summed E-state index contributed by atoms with van der Waals surface area (Å²) in [6.07, 6.45) is 3.02. The van der Waals surface area contributed by atoms with Gasteiger partial charge in [-0.2, -0.15) is 0 Å². The van der Waals surface area contributed by atoms with E-state index < -0.39 is 0 Å². The fraction of sp³-hybridized carbons (Fsp3) is 0.160. The van der Waals surface area contributed by atoms with Crippen molar-refractivity contribution < 1.29 is 4.79 Å². The molecule has 0 aliphatic carbocycles. The van der Waals surface area contributed by atoms with Crippen molar-refractivity contribution in [1.82, 2.24) is 4.90 Å². The fourth-order valence-corrected chi connectivity index (χ4v) is 4.51. The number of hydrogen-bond donors (Lipinski definition) is 0. The molecular formula is C25H23NOS. The van der Waals surface area contributed by atoms with E-state index in [1.165, 1.54) is 15.4 Å². The molecule has 1 aliphatic rings. The van der Waals surface area contributed by atoms with Crippen molar-refractivity contribution in [1.29, 1.82) is 0 Å². The Bertz CT molecular complexity index is 938. The van der Waals surface area contributed by atoms with Gasteiger partial charge in [0.1, 0.15) is 0 Å². The Morgan fingerprint density at radius 2 is 1.46 bits per heavy atom. The molecule has 0 saturated carbocycles. The summed E-state index contributed by atoms with van der Waals surface area (Å²) in [7, 11) is 0. The van der Waals surface area contributed by atoms with Crippen molar-refractivity contribution in [3.05, 3.63) is 113 Å². The molecule has 0 saturated heterocycles. The van der Waals surface area contributed by atoms with Gasteiger partial charge in [-0.1, -0.05) is 96.7 Å². The first kappa shape index (κ1) is 18.7. The molecule has 4 rings (SSSR count). The summed E-state index contributed by atoms with van der Waals surface area (Å²) < 4.78 is 0. The SMILES string of the molecule is O=C(c1ccccc1)C1CC(Sc2ccccc2)=CCN1Cc1ccccc1. The third-order valence-electron chi connectivity index (χ3n) is 4.97. The summed E-state index contributed by atoms with van der Waals surface area (Å²) in [5.41, 5.74) is 2.03. The van der Waals surface area contributed by atoms with E-state index in [9.17, 15) is 4.79 Å². The van der Waals surface area contributed by atoms with Crippen LogP contribution in [0.15, 0.2) is 107 Å². The van der Waals surface area contributed by atoms with Crippen LogP contribution in [0.25, 0.3) is 0 Å². The van der Waals surface area contributed by atoms with Crippen molar-refractivity contribution in [3.63, 3.8) is 0 Å². The van der Waals surface area contributed by atoms with Crippen molar-refractivity contribution >= 4 is 17.5 Å². The minimum absolute atomic E-state index is 0.140. The van der Waals surface area contributed by atoms with E-state index in [0.29, 0.717) is 0 Å². The average Bonchev–Trinajstić information content (AvgIpc) is 2.76. The highest BCUT2D eigenvalue weighted by molar-refractivity contribution is 8.03. The topological polar surface area (TPSA) is 20.3 Å². The van der Waals surface area contributed by atoms with Crippen LogP contribution in [0.4, 0.5) is 0 Å². The Hall–Kier alpha value is -2.62. The molecule has 0 amide bonds. The summed E-state index contributed by atoms with van der Waals surface area (Å²) in [6, 6.07) is 30.3. The number of nitrogens with zero attached hydrogens (tertiary/aromatic N) is 1. The Balaban J connectivity index is 1.57. The van der Waals surface area contributed by atoms with Crippen molar-refractivity contribution in [2.75, 3.05) is 6.54 Å². The monoisotopic (exact) mass is 385 g/mol. The van der Waals surface area contributed by atoms with E-state index in [1.807, 2.05) is 42.5 Å². The molecule has 3 aromatic rings. The van der Waals surface area contributed by atoms with E-state index in [0.717, 1.165) is 25.1 Å². The van der Waals surface area contributed by atoms with E-state index in [4.69, 9.17) is 0 Å². The second-order valence-electron chi connectivity index (χ2n) is 6.95. The normalized spacial score (nSPS) is 17.1. The van der Waals surface area contributed by atoms with Gasteiger partial charge in [0.25, 0.3) is 0 Å². The largest absolute Gasteiger partial charge is 0.292 e. The molecule has 0 radical (unpaired) electrons. The quantitative estimate of drug-likeness (QED) is 0.499. The van der Waals surface area contributed by atoms with Crippen LogP contribution >= 0.6 is 11.8 Å². The number of ketones is 1. The first-order valence-corrected chi connectivity index (χ1v) is 10.4. The number of rotatable bonds is 6. The van der Waals surface area contributed by atoms with Crippen LogP contribution in [-0.2, 0) is 6.54 Å². The van der Waals surface area contributed by atoms with Crippen LogP contribution in [0.2, 0.25) is 0 Å². The molecule has 1 atom stereocenters. The first-order chi connectivity index (χ1) is 13.8. The van der Waals surface area contributed by atoms with Gasteiger partial charge in [0, 0.05) is 30.0 Å². The molecule has 28 heavy (non-hydrogen) atoms. The van der Waals surface area contributed by atoms with Gasteiger partial charge in [-0.15, -0.1) is 0 Å². The molecule has 0 N–H and O–H groups in total. The molecule has 1 heterocycles. The van der Waals surface area contributed by atoms with Crippen molar-refractivity contribution in [2.45, 2.75) is 23.9 Å². The average molecular weight is 386 g/mol. The van der Waals surface area contributed by atoms with E-state index in [-0.39, 0.29) is 11.8 Å². The van der Waals surface area contributed by atoms with Crippen molar-refractivity contribution in [3.8, 4) is 0 Å². The maximum atomic E-state index is 13.3. The maximum Gasteiger partial charge on any atom is 0.180 e. The van der Waals surface area contributed by atoms with Crippen LogP contribution in [0.3, 0.4) is 0 Å². The zero-order chi connectivity index (χ0) is 19.2. The second kappa shape index (κ2) is 9.05. The van der Waals surface area contributed by atoms with Gasteiger partial charge in [0.05, 0.1) is 6.04 Å². The molecule has 3 aromatic carbocycles. The molecular weight excluding hydrogens is 362 g/mol. The summed E-state index contributed by atoms with van der Waals surface area (Å²) in [4.78, 5) is 18.1. The van der Waals surface area contributed by atoms with Gasteiger partial charge in [0.2, 0.25) is 0 Å². The third kappa shape index (κ3) is 4.61. The highest BCUT2D eigenvalue weighted by atomic mass is 32.2. The van der Waals surface area contributed by atoms with Gasteiger partial charge in [-0.3, -0.25) is 9.69 Å². The summed E-state index contributed by atoms with van der Waals surface area (Å²) >= 11 is 1.77. The Morgan fingerprint density at radius 1 is 0.857 bits per heavy atom. The standard InChI is InChI=1S/C25H23NOS/c27-25(21-12-6-2-7-13-21)24-18-23(28-22-14-8-3-9-15-22)16-17-26(24)19-20-10-4-1-5-11-20/h1-16,24H,17-19H2. The highest BCUT2D eigenvalue weighted by Crippen LogP contribution is 2.34. The predicted octanol–water partition coefficient (Wildman–Crippen LogP) is 5.82. The number of hydrogen-bond acceptors (Lipinski definition) is 3. The predicted molar refractivity (Wildman–Crippen MR) is 116 cm³/mol. The lowest BCUT2D eigenvalue weighted by atomic mass is 9.97. The Labute approximate surface area is 170 Å². The van der Waals surface area contributed by atoms with E-state index in [1.54, 1.807) is 11.8 Å². The molecule has 0 aromatic heterocycles. The molecule has 1 aliphatic heterocycles. The van der Waals surface area contributed by atoms with Crippen LogP contribution in [-0.4, -0.2) is 23.3 Å². The van der Waals surface area contributed by atoms with Gasteiger partial charge in [-0.25, -0.2) is 0 Å². The van der Waals surface area contributed by atoms with E-state index >= 15 is 0 Å². The maximum absolute atomic E-state index is 13.3. The lowest BCUT2D eigenvalue weighted by Crippen LogP contribution is -2.43. The van der Waals surface area contributed by atoms with Crippen LogP contribution in [0.5, 0.6) is 0 Å². The smallest absolute Gasteiger partial charge is 0.180 e. The van der Waals surface area contributed by atoms with Gasteiger partial charge >= 0.3 is 0 Å². The molecule has 1 unspecified atom stereocenters. The molecule has 3 heteroatoms. The summed E-state index contributed by atoms with van der Waals surface area (Å²) in [6.45, 7) is 1.57. The second-order valence-corrected chi connectivity index (χ2v) is 8.15. The minimum Gasteiger partial charge on any atom is -0.292 e. The molecule has 0 fully saturated rings. The van der Waals surface area contributed by atoms with Crippen molar-refractivity contribution in [2.24, 2.45) is 0 Å². The van der Waals surface area contributed by atoms with Crippen LogP contribution in [0, 0.1) is 0 Å². The number of carbonyl (C=O) groups excluding carboxylic acids is 1. The Kier molecular flexibility index (Phi) is 6.05. The lowest BCUT2D eigenvalue weighted by molar-refractivity contribution is 0.0814. The minimum atomic E-state index is -0.140. The van der Waals surface area contributed by atoms with E-state index in [2.05, 4.69) is 59.5 Å². The number of thioether (sulfide) groups is 1. The van der Waals surface area contributed by atoms with Crippen LogP contribution < -0.4 is 0 Å². The Morgan fingerprint density at radius 3 is 2.14 bits per heavy atom. The molecule has 140 valence electrons. The zero-order valence-electron chi connectivity index (χ0n) is 15.7. The first-order valence-electron chi connectivity index (χ1n) is 9.59. The zero-order valence-corrected chi connectivity index (χ0v) is 16.5. The number of Topliss-reactive ketones (excluding diaryl/α,β-unsaturated/α-hetero) is 1. The number of carbonyl (C=O) groups is 1. The summed E-state index contributed by atoms with van der Waals surface area (Å²) in [5.74, 6) is 0.204. The molecule has 0 bridgehead atoms. The fourth-order valence-electron chi connectivity index (χ4n) is 3.52. The molecule has 2 nitrogen and oxygen atoms in total. The van der Waals surface area contributed by atoms with Gasteiger partial charge in [0.15, 0.2) is 5.78 Å². The van der Waals surface area contributed by atoms with Crippen LogP contribution in [0.1, 0.15) is 22.3 Å². The highest BCUT2D eigenvalue weighted by Gasteiger charge is 2.30. The summed E-state index contributed by atoms with van der Waals surface area (Å²) in [5, 5.41) is 0. The third-order valence-corrected chi connectivity index (χ3v) is 6.07. The molecule has 0 spiro atoms. The van der Waals surface area contributed by atoms with Gasteiger partial charge < -0.3 is 0 Å². The van der Waals surface area contributed by atoms with Gasteiger partial charge in [-0.05, 0) is 22.6 Å². The number of benzene rings is 3.